The van der Waals surface area contributed by atoms with Crippen molar-refractivity contribution in [2.45, 2.75) is 26.2 Å². The molecular formula is C15H19F3N2O3. The van der Waals surface area contributed by atoms with Gasteiger partial charge in [-0.2, -0.15) is 0 Å². The van der Waals surface area contributed by atoms with Crippen molar-refractivity contribution >= 4 is 17.5 Å². The van der Waals surface area contributed by atoms with Gasteiger partial charge in [-0.15, -0.1) is 0 Å². The van der Waals surface area contributed by atoms with Gasteiger partial charge in [0, 0.05) is 31.0 Å². The van der Waals surface area contributed by atoms with Crippen LogP contribution in [-0.2, 0) is 9.59 Å². The highest BCUT2D eigenvalue weighted by Gasteiger charge is 2.18. The van der Waals surface area contributed by atoms with Crippen LogP contribution in [0.25, 0.3) is 0 Å². The van der Waals surface area contributed by atoms with Crippen molar-refractivity contribution in [2.75, 3.05) is 18.5 Å². The van der Waals surface area contributed by atoms with E-state index in [1.807, 2.05) is 12.2 Å². The molecule has 3 N–H and O–H groups in total. The smallest absolute Gasteiger partial charge is 0.313 e. The lowest BCUT2D eigenvalue weighted by Gasteiger charge is -2.15. The van der Waals surface area contributed by atoms with Gasteiger partial charge in [0.15, 0.2) is 17.5 Å². The molecule has 1 atom stereocenters. The Labute approximate surface area is 131 Å². The molecule has 0 aliphatic carbocycles. The van der Waals surface area contributed by atoms with Crippen LogP contribution in [0.5, 0.6) is 0 Å². The van der Waals surface area contributed by atoms with Gasteiger partial charge < -0.3 is 15.7 Å². The third-order valence-electron chi connectivity index (χ3n) is 3.23. The summed E-state index contributed by atoms with van der Waals surface area (Å²) in [6, 6.07) is 1.16. The van der Waals surface area contributed by atoms with Crippen molar-refractivity contribution in [3.05, 3.63) is 29.6 Å². The first-order chi connectivity index (χ1) is 10.9. The topological polar surface area (TPSA) is 78.4 Å². The summed E-state index contributed by atoms with van der Waals surface area (Å²) in [5.41, 5.74) is -0.359. The SMILES string of the molecule is CCCC(CCO)CNC(=O)C(=O)Nc1cc(F)c(F)c(F)c1. The van der Waals surface area contributed by atoms with Gasteiger partial charge in [0.2, 0.25) is 0 Å². The minimum Gasteiger partial charge on any atom is -0.396 e. The number of hydrogen-bond acceptors (Lipinski definition) is 3. The van der Waals surface area contributed by atoms with Gasteiger partial charge in [-0.25, -0.2) is 13.2 Å². The first kappa shape index (κ1) is 19.0. The third-order valence-corrected chi connectivity index (χ3v) is 3.23. The molecule has 5 nitrogen and oxygen atoms in total. The van der Waals surface area contributed by atoms with Crippen LogP contribution in [-0.4, -0.2) is 30.1 Å². The molecule has 1 aromatic carbocycles. The van der Waals surface area contributed by atoms with E-state index in [1.54, 1.807) is 0 Å². The van der Waals surface area contributed by atoms with Gasteiger partial charge in [0.25, 0.3) is 0 Å². The normalized spacial score (nSPS) is 11.9. The van der Waals surface area contributed by atoms with Crippen molar-refractivity contribution in [3.63, 3.8) is 0 Å². The molecule has 0 aromatic heterocycles. The third kappa shape index (κ3) is 5.90. The lowest BCUT2D eigenvalue weighted by molar-refractivity contribution is -0.136. The van der Waals surface area contributed by atoms with E-state index >= 15 is 0 Å². The first-order valence-corrected chi connectivity index (χ1v) is 7.23. The van der Waals surface area contributed by atoms with E-state index in [2.05, 4.69) is 5.32 Å². The fraction of sp³-hybridized carbons (Fsp3) is 0.467. The molecule has 0 fully saturated rings. The molecule has 128 valence electrons. The van der Waals surface area contributed by atoms with Crippen molar-refractivity contribution in [3.8, 4) is 0 Å². The Kier molecular flexibility index (Phi) is 7.53. The van der Waals surface area contributed by atoms with Gasteiger partial charge >= 0.3 is 11.8 Å². The highest BCUT2D eigenvalue weighted by molar-refractivity contribution is 6.39. The average molecular weight is 332 g/mol. The number of aliphatic hydroxyl groups is 1. The summed E-state index contributed by atoms with van der Waals surface area (Å²) in [5.74, 6) is -6.65. The van der Waals surface area contributed by atoms with Crippen LogP contribution in [0, 0.1) is 23.4 Å². The maximum atomic E-state index is 13.0. The quantitative estimate of drug-likeness (QED) is 0.527. The second kappa shape index (κ2) is 9.14. The molecule has 8 heteroatoms. The van der Waals surface area contributed by atoms with E-state index in [0.717, 1.165) is 12.8 Å². The predicted molar refractivity (Wildman–Crippen MR) is 78.1 cm³/mol. The molecule has 0 aliphatic heterocycles. The summed E-state index contributed by atoms with van der Waals surface area (Å²) >= 11 is 0. The van der Waals surface area contributed by atoms with Crippen molar-refractivity contribution < 1.29 is 27.9 Å². The van der Waals surface area contributed by atoms with Crippen LogP contribution in [0.1, 0.15) is 26.2 Å². The molecule has 0 spiro atoms. The van der Waals surface area contributed by atoms with E-state index < -0.39 is 29.3 Å². The lowest BCUT2D eigenvalue weighted by Crippen LogP contribution is -2.38. The minimum atomic E-state index is -1.65. The van der Waals surface area contributed by atoms with E-state index in [-0.39, 0.29) is 24.8 Å². The first-order valence-electron chi connectivity index (χ1n) is 7.23. The molecule has 0 heterocycles. The van der Waals surface area contributed by atoms with Gasteiger partial charge in [-0.3, -0.25) is 9.59 Å². The number of amides is 2. The maximum absolute atomic E-state index is 13.0. The number of aliphatic hydroxyl groups excluding tert-OH is 1. The average Bonchev–Trinajstić information content (AvgIpc) is 2.50. The van der Waals surface area contributed by atoms with Gasteiger partial charge in [0.1, 0.15) is 0 Å². The Balaban J connectivity index is 2.58. The fourth-order valence-corrected chi connectivity index (χ4v) is 2.07. The lowest BCUT2D eigenvalue weighted by atomic mass is 10.0. The van der Waals surface area contributed by atoms with Crippen molar-refractivity contribution in [1.82, 2.24) is 5.32 Å². The van der Waals surface area contributed by atoms with Crippen molar-refractivity contribution in [2.24, 2.45) is 5.92 Å². The van der Waals surface area contributed by atoms with Gasteiger partial charge in [-0.1, -0.05) is 13.3 Å². The van der Waals surface area contributed by atoms with Crippen LogP contribution >= 0.6 is 0 Å². The summed E-state index contributed by atoms with van der Waals surface area (Å²) < 4.78 is 38.8. The number of nitrogens with one attached hydrogen (secondary N) is 2. The minimum absolute atomic E-state index is 0.0269. The molecular weight excluding hydrogens is 313 g/mol. The van der Waals surface area contributed by atoms with Gasteiger partial charge in [0.05, 0.1) is 0 Å². The molecule has 1 rings (SSSR count). The van der Waals surface area contributed by atoms with Crippen LogP contribution in [0.15, 0.2) is 12.1 Å². The molecule has 1 unspecified atom stereocenters. The summed E-state index contributed by atoms with van der Waals surface area (Å²) in [5, 5.41) is 13.3. The highest BCUT2D eigenvalue weighted by Crippen LogP contribution is 2.17. The monoisotopic (exact) mass is 332 g/mol. The molecule has 0 aliphatic rings. The Morgan fingerprint density at radius 1 is 1.13 bits per heavy atom. The number of rotatable bonds is 7. The Morgan fingerprint density at radius 2 is 1.74 bits per heavy atom. The second-order valence-electron chi connectivity index (χ2n) is 5.09. The number of hydrogen-bond donors (Lipinski definition) is 3. The number of carbonyl (C=O) groups is 2. The number of benzene rings is 1. The standard InChI is InChI=1S/C15H19F3N2O3/c1-2-3-9(4-5-21)8-19-14(22)15(23)20-10-6-11(16)13(18)12(17)7-10/h6-7,9,21H,2-5,8H2,1H3,(H,19,22)(H,20,23). The van der Waals surface area contributed by atoms with Crippen molar-refractivity contribution in [1.29, 1.82) is 0 Å². The Morgan fingerprint density at radius 3 is 2.26 bits per heavy atom. The fourth-order valence-electron chi connectivity index (χ4n) is 2.07. The molecule has 23 heavy (non-hydrogen) atoms. The zero-order valence-electron chi connectivity index (χ0n) is 12.7. The van der Waals surface area contributed by atoms with E-state index in [9.17, 15) is 22.8 Å². The number of carbonyl (C=O) groups excluding carboxylic acids is 2. The summed E-state index contributed by atoms with van der Waals surface area (Å²) in [4.78, 5) is 23.3. The maximum Gasteiger partial charge on any atom is 0.313 e. The zero-order chi connectivity index (χ0) is 17.4. The molecule has 2 amide bonds. The largest absolute Gasteiger partial charge is 0.396 e. The van der Waals surface area contributed by atoms with Gasteiger partial charge in [-0.05, 0) is 18.8 Å². The Bertz CT molecular complexity index is 538. The van der Waals surface area contributed by atoms with Crippen LogP contribution in [0.3, 0.4) is 0 Å². The summed E-state index contributed by atoms with van der Waals surface area (Å²) in [6.45, 7) is 2.13. The van der Waals surface area contributed by atoms with Crippen LogP contribution in [0.2, 0.25) is 0 Å². The Hall–Kier alpha value is -2.09. The molecule has 1 aromatic rings. The summed E-state index contributed by atoms with van der Waals surface area (Å²) in [6.07, 6.45) is 2.13. The van der Waals surface area contributed by atoms with Crippen LogP contribution in [0.4, 0.5) is 18.9 Å². The summed E-state index contributed by atoms with van der Waals surface area (Å²) in [7, 11) is 0. The molecule has 0 saturated heterocycles. The molecule has 0 radical (unpaired) electrons. The zero-order valence-corrected chi connectivity index (χ0v) is 12.7. The number of anilines is 1. The predicted octanol–water partition coefficient (Wildman–Crippen LogP) is 1.96. The number of halogens is 3. The molecule has 0 saturated carbocycles. The van der Waals surface area contributed by atoms with E-state index in [4.69, 9.17) is 5.11 Å². The van der Waals surface area contributed by atoms with E-state index in [0.29, 0.717) is 18.6 Å². The second-order valence-corrected chi connectivity index (χ2v) is 5.09. The van der Waals surface area contributed by atoms with E-state index in [1.165, 1.54) is 0 Å². The molecule has 0 bridgehead atoms. The van der Waals surface area contributed by atoms with Crippen LogP contribution < -0.4 is 10.6 Å². The highest BCUT2D eigenvalue weighted by atomic mass is 19.2.